The molecule has 2 amide bonds. The fraction of sp³-hybridized carbons (Fsp3) is 0.350. The highest BCUT2D eigenvalue weighted by atomic mass is 19.1. The van der Waals surface area contributed by atoms with E-state index in [0.29, 0.717) is 18.2 Å². The Labute approximate surface area is 167 Å². The predicted octanol–water partition coefficient (Wildman–Crippen LogP) is 1.39. The zero-order valence-electron chi connectivity index (χ0n) is 16.0. The van der Waals surface area contributed by atoms with Crippen molar-refractivity contribution in [3.05, 3.63) is 54.0 Å². The number of carbonyl (C=O) groups is 2. The lowest BCUT2D eigenvalue weighted by molar-refractivity contribution is -0.142. The van der Waals surface area contributed by atoms with Crippen LogP contribution in [0.4, 0.5) is 4.39 Å². The molecule has 2 N–H and O–H groups in total. The molecule has 0 bridgehead atoms. The number of nitrogens with two attached hydrogens (primary N) is 1. The minimum atomic E-state index is -1.12. The number of hydrogen-bond donors (Lipinski definition) is 1. The maximum atomic E-state index is 13.1. The molecule has 3 rings (SSSR count). The molecule has 0 saturated carbocycles. The second-order valence-electron chi connectivity index (χ2n) is 6.71. The second kappa shape index (κ2) is 8.87. The largest absolute Gasteiger partial charge is 0.490 e. The van der Waals surface area contributed by atoms with Gasteiger partial charge in [-0.15, -0.1) is 0 Å². The van der Waals surface area contributed by atoms with Crippen molar-refractivity contribution in [3.63, 3.8) is 0 Å². The summed E-state index contributed by atoms with van der Waals surface area (Å²) < 4.78 is 29.7. The Morgan fingerprint density at radius 2 is 2.03 bits per heavy atom. The highest BCUT2D eigenvalue weighted by Gasteiger charge is 2.41. The molecule has 2 heterocycles. The molecule has 1 aliphatic rings. The SMILES string of the molecule is COc1cccc(C(=O)N2CCOC(COc3ccc(F)cc3)(CC(N)=O)C2)n1. The molecule has 8 nitrogen and oxygen atoms in total. The molecule has 1 atom stereocenters. The van der Waals surface area contributed by atoms with Crippen LogP contribution < -0.4 is 15.2 Å². The van der Waals surface area contributed by atoms with Gasteiger partial charge in [0.2, 0.25) is 11.8 Å². The number of pyridine rings is 1. The monoisotopic (exact) mass is 403 g/mol. The molecule has 1 aromatic carbocycles. The standard InChI is InChI=1S/C20H22FN3O5/c1-27-18-4-2-3-16(23-18)19(26)24-9-10-29-20(12-24,11-17(22)25)13-28-15-7-5-14(21)6-8-15/h2-8H,9-13H2,1H3,(H2,22,25). The van der Waals surface area contributed by atoms with E-state index in [1.165, 1.54) is 31.4 Å². The molecule has 2 aromatic rings. The van der Waals surface area contributed by atoms with Crippen molar-refractivity contribution in [1.82, 2.24) is 9.88 Å². The van der Waals surface area contributed by atoms with Gasteiger partial charge < -0.3 is 24.8 Å². The van der Waals surface area contributed by atoms with Gasteiger partial charge in [-0.05, 0) is 30.3 Å². The van der Waals surface area contributed by atoms with Gasteiger partial charge in [0.05, 0.1) is 26.7 Å². The molecular formula is C20H22FN3O5. The number of hydrogen-bond acceptors (Lipinski definition) is 6. The summed E-state index contributed by atoms with van der Waals surface area (Å²) in [5.41, 5.74) is 4.51. The van der Waals surface area contributed by atoms with Gasteiger partial charge in [0.25, 0.3) is 5.91 Å². The van der Waals surface area contributed by atoms with Crippen LogP contribution in [0.1, 0.15) is 16.9 Å². The first-order valence-corrected chi connectivity index (χ1v) is 9.02. The average Bonchev–Trinajstić information content (AvgIpc) is 2.72. The number of primary amides is 1. The van der Waals surface area contributed by atoms with Gasteiger partial charge in [-0.25, -0.2) is 9.37 Å². The minimum absolute atomic E-state index is 0.0309. The third kappa shape index (κ3) is 5.20. The van der Waals surface area contributed by atoms with Crippen LogP contribution in [0.15, 0.2) is 42.5 Å². The Morgan fingerprint density at radius 1 is 1.28 bits per heavy atom. The van der Waals surface area contributed by atoms with E-state index in [1.54, 1.807) is 23.1 Å². The summed E-state index contributed by atoms with van der Waals surface area (Å²) in [6, 6.07) is 10.4. The third-order valence-electron chi connectivity index (χ3n) is 4.50. The van der Waals surface area contributed by atoms with Crippen LogP contribution in [0.5, 0.6) is 11.6 Å². The summed E-state index contributed by atoms with van der Waals surface area (Å²) in [7, 11) is 1.47. The number of nitrogens with zero attached hydrogens (tertiary/aromatic N) is 2. The average molecular weight is 403 g/mol. The van der Waals surface area contributed by atoms with Gasteiger partial charge in [-0.3, -0.25) is 9.59 Å². The molecule has 0 radical (unpaired) electrons. The van der Waals surface area contributed by atoms with Crippen LogP contribution >= 0.6 is 0 Å². The van der Waals surface area contributed by atoms with Crippen molar-refractivity contribution in [2.24, 2.45) is 5.73 Å². The highest BCUT2D eigenvalue weighted by molar-refractivity contribution is 5.92. The third-order valence-corrected chi connectivity index (χ3v) is 4.50. The Morgan fingerprint density at radius 3 is 2.72 bits per heavy atom. The second-order valence-corrected chi connectivity index (χ2v) is 6.71. The van der Waals surface area contributed by atoms with Crippen molar-refractivity contribution in [2.45, 2.75) is 12.0 Å². The van der Waals surface area contributed by atoms with E-state index in [-0.39, 0.29) is 43.6 Å². The topological polar surface area (TPSA) is 104 Å². The van der Waals surface area contributed by atoms with Crippen LogP contribution in [0.25, 0.3) is 0 Å². The van der Waals surface area contributed by atoms with Gasteiger partial charge >= 0.3 is 0 Å². The lowest BCUT2D eigenvalue weighted by atomic mass is 9.97. The number of carbonyl (C=O) groups excluding carboxylic acids is 2. The summed E-state index contributed by atoms with van der Waals surface area (Å²) in [4.78, 5) is 30.3. The number of ether oxygens (including phenoxy) is 3. The first-order chi connectivity index (χ1) is 13.9. The van der Waals surface area contributed by atoms with Gasteiger partial charge in [-0.1, -0.05) is 6.07 Å². The van der Waals surface area contributed by atoms with Crippen molar-refractivity contribution in [2.75, 3.05) is 33.4 Å². The Kier molecular flexibility index (Phi) is 6.28. The molecule has 1 saturated heterocycles. The number of amides is 2. The number of morpholine rings is 1. The maximum Gasteiger partial charge on any atom is 0.272 e. The summed E-state index contributed by atoms with van der Waals surface area (Å²) in [5, 5.41) is 0. The van der Waals surface area contributed by atoms with Gasteiger partial charge in [0.15, 0.2) is 0 Å². The Hall–Kier alpha value is -3.20. The fourth-order valence-corrected chi connectivity index (χ4v) is 3.14. The van der Waals surface area contributed by atoms with Crippen molar-refractivity contribution in [3.8, 4) is 11.6 Å². The van der Waals surface area contributed by atoms with Crippen LogP contribution in [-0.2, 0) is 9.53 Å². The number of aromatic nitrogens is 1. The fourth-order valence-electron chi connectivity index (χ4n) is 3.14. The number of halogens is 1. The quantitative estimate of drug-likeness (QED) is 0.749. The van der Waals surface area contributed by atoms with Gasteiger partial charge in [-0.2, -0.15) is 0 Å². The molecule has 1 fully saturated rings. The number of benzene rings is 1. The summed E-state index contributed by atoms with van der Waals surface area (Å²) >= 11 is 0. The number of rotatable bonds is 7. The molecule has 1 aromatic heterocycles. The van der Waals surface area contributed by atoms with Crippen molar-refractivity contribution >= 4 is 11.8 Å². The van der Waals surface area contributed by atoms with Crippen LogP contribution in [0.2, 0.25) is 0 Å². The van der Waals surface area contributed by atoms with E-state index in [0.717, 1.165) is 0 Å². The van der Waals surface area contributed by atoms with Crippen LogP contribution in [-0.4, -0.2) is 60.7 Å². The summed E-state index contributed by atoms with van der Waals surface area (Å²) in [6.45, 7) is 0.594. The smallest absolute Gasteiger partial charge is 0.272 e. The van der Waals surface area contributed by atoms with Crippen LogP contribution in [0, 0.1) is 5.82 Å². The predicted molar refractivity (Wildman–Crippen MR) is 101 cm³/mol. The van der Waals surface area contributed by atoms with E-state index in [9.17, 15) is 14.0 Å². The molecule has 0 aliphatic carbocycles. The lowest BCUT2D eigenvalue weighted by Crippen LogP contribution is -2.58. The first kappa shape index (κ1) is 20.5. The lowest BCUT2D eigenvalue weighted by Gasteiger charge is -2.41. The molecule has 9 heteroatoms. The van der Waals surface area contributed by atoms with Crippen molar-refractivity contribution in [1.29, 1.82) is 0 Å². The van der Waals surface area contributed by atoms with E-state index in [4.69, 9.17) is 19.9 Å². The molecule has 1 unspecified atom stereocenters. The molecule has 154 valence electrons. The van der Waals surface area contributed by atoms with Crippen molar-refractivity contribution < 1.29 is 28.2 Å². The number of methoxy groups -OCH3 is 1. The Bertz CT molecular complexity index is 877. The molecular weight excluding hydrogens is 381 g/mol. The summed E-state index contributed by atoms with van der Waals surface area (Å²) in [6.07, 6.45) is -0.135. The van der Waals surface area contributed by atoms with Gasteiger partial charge in [0.1, 0.15) is 29.5 Å². The highest BCUT2D eigenvalue weighted by Crippen LogP contribution is 2.25. The van der Waals surface area contributed by atoms with E-state index in [2.05, 4.69) is 4.98 Å². The first-order valence-electron chi connectivity index (χ1n) is 9.02. The van der Waals surface area contributed by atoms with Gasteiger partial charge in [0, 0.05) is 12.6 Å². The maximum absolute atomic E-state index is 13.1. The molecule has 29 heavy (non-hydrogen) atoms. The molecule has 0 spiro atoms. The summed E-state index contributed by atoms with van der Waals surface area (Å²) in [5.74, 6) is -0.547. The van der Waals surface area contributed by atoms with E-state index < -0.39 is 11.5 Å². The zero-order chi connectivity index (χ0) is 20.9. The Balaban J connectivity index is 1.76. The zero-order valence-corrected chi connectivity index (χ0v) is 16.0. The molecule has 1 aliphatic heterocycles. The normalized spacial score (nSPS) is 18.9. The van der Waals surface area contributed by atoms with Crippen LogP contribution in [0.3, 0.4) is 0 Å². The minimum Gasteiger partial charge on any atom is -0.490 e. The van der Waals surface area contributed by atoms with E-state index in [1.807, 2.05) is 0 Å². The van der Waals surface area contributed by atoms with E-state index >= 15 is 0 Å².